The van der Waals surface area contributed by atoms with E-state index < -0.39 is 38.1 Å². The Morgan fingerprint density at radius 2 is 1.91 bits per heavy atom. The highest BCUT2D eigenvalue weighted by Gasteiger charge is 2.39. The summed E-state index contributed by atoms with van der Waals surface area (Å²) in [4.78, 5) is 27.6. The monoisotopic (exact) mass is 508 g/mol. The first kappa shape index (κ1) is 22.9. The van der Waals surface area contributed by atoms with Crippen LogP contribution in [0.1, 0.15) is 41.7 Å². The number of benzene rings is 1. The molecule has 2 aliphatic rings. The molecular formula is C22H22ClFN4O5S. The first-order valence-electron chi connectivity index (χ1n) is 10.9. The molecule has 2 aromatic heterocycles. The van der Waals surface area contributed by atoms with Crippen molar-refractivity contribution in [2.24, 2.45) is 0 Å². The van der Waals surface area contributed by atoms with Gasteiger partial charge in [0.25, 0.3) is 11.5 Å². The molecule has 0 saturated heterocycles. The lowest BCUT2D eigenvalue weighted by Gasteiger charge is -2.25. The fourth-order valence-corrected chi connectivity index (χ4v) is 6.97. The van der Waals surface area contributed by atoms with Gasteiger partial charge in [-0.2, -0.15) is 5.10 Å². The van der Waals surface area contributed by atoms with Crippen molar-refractivity contribution in [1.29, 1.82) is 0 Å². The lowest BCUT2D eigenvalue weighted by atomic mass is 10.2. The average molecular weight is 509 g/mol. The molecule has 0 spiro atoms. The van der Waals surface area contributed by atoms with E-state index in [1.807, 2.05) is 0 Å². The van der Waals surface area contributed by atoms with Gasteiger partial charge in [-0.15, -0.1) is 0 Å². The molecule has 0 radical (unpaired) electrons. The van der Waals surface area contributed by atoms with Crippen LogP contribution in [-0.2, 0) is 22.9 Å². The van der Waals surface area contributed by atoms with Gasteiger partial charge in [0.05, 0.1) is 22.3 Å². The number of hydrogen-bond acceptors (Lipinski definition) is 6. The Morgan fingerprint density at radius 3 is 2.59 bits per heavy atom. The molecule has 3 heterocycles. The molecular weight excluding hydrogens is 487 g/mol. The highest BCUT2D eigenvalue weighted by molar-refractivity contribution is 7.92. The second-order valence-electron chi connectivity index (χ2n) is 8.77. The van der Waals surface area contributed by atoms with E-state index in [4.69, 9.17) is 11.6 Å². The van der Waals surface area contributed by atoms with Crippen LogP contribution in [0.3, 0.4) is 0 Å². The van der Waals surface area contributed by atoms with Gasteiger partial charge in [-0.05, 0) is 30.5 Å². The van der Waals surface area contributed by atoms with Crippen LogP contribution in [0.5, 0.6) is 5.75 Å². The van der Waals surface area contributed by atoms with Crippen molar-refractivity contribution in [2.45, 2.75) is 49.0 Å². The molecule has 1 aromatic carbocycles. The standard InChI is InChI=1S/C22H22ClFN4O5S/c1-26-8-9-27-17-16(19(29)18(27)22(26)31)21(30)28(11-12-6-7-15(24)14(23)10-12)25-20(17)34(32,33)13-4-2-3-5-13/h6-7,10,13,29H,2-5,8-9,11H2,1H3. The summed E-state index contributed by atoms with van der Waals surface area (Å²) in [6.07, 6.45) is 2.47. The number of likely N-dealkylation sites (N-methyl/N-ethyl adjacent to an activating group) is 1. The molecule has 12 heteroatoms. The van der Waals surface area contributed by atoms with Crippen molar-refractivity contribution in [3.05, 3.63) is 50.7 Å². The van der Waals surface area contributed by atoms with Gasteiger partial charge >= 0.3 is 0 Å². The number of nitrogens with zero attached hydrogens (tertiary/aromatic N) is 4. The molecule has 34 heavy (non-hydrogen) atoms. The van der Waals surface area contributed by atoms with E-state index in [9.17, 15) is 27.5 Å². The molecule has 0 unspecified atom stereocenters. The predicted octanol–water partition coefficient (Wildman–Crippen LogP) is 2.55. The SMILES string of the molecule is CN1CCn2c(c(O)c3c(=O)n(Cc4ccc(F)c(Cl)c4)nc(S(=O)(=O)C4CCCC4)c32)C1=O. The fourth-order valence-electron chi connectivity index (χ4n) is 4.80. The number of hydrogen-bond donors (Lipinski definition) is 1. The van der Waals surface area contributed by atoms with Gasteiger partial charge in [0.1, 0.15) is 11.2 Å². The second-order valence-corrected chi connectivity index (χ2v) is 11.3. The Hall–Kier alpha value is -2.92. The molecule has 1 N–H and O–H groups in total. The molecule has 1 saturated carbocycles. The number of amides is 1. The quantitative estimate of drug-likeness (QED) is 0.579. The lowest BCUT2D eigenvalue weighted by molar-refractivity contribution is 0.0747. The van der Waals surface area contributed by atoms with Gasteiger partial charge in [0.15, 0.2) is 11.4 Å². The molecule has 180 valence electrons. The first-order chi connectivity index (χ1) is 16.1. The second kappa shape index (κ2) is 8.09. The third-order valence-corrected chi connectivity index (χ3v) is 9.09. The summed E-state index contributed by atoms with van der Waals surface area (Å²) in [5.74, 6) is -1.71. The molecule has 1 aliphatic carbocycles. The number of rotatable bonds is 4. The van der Waals surface area contributed by atoms with E-state index in [0.717, 1.165) is 23.6 Å². The van der Waals surface area contributed by atoms with E-state index in [1.54, 1.807) is 7.05 Å². The highest BCUT2D eigenvalue weighted by atomic mass is 35.5. The smallest absolute Gasteiger partial charge is 0.280 e. The van der Waals surface area contributed by atoms with Gasteiger partial charge in [0.2, 0.25) is 14.9 Å². The zero-order valence-electron chi connectivity index (χ0n) is 18.3. The summed E-state index contributed by atoms with van der Waals surface area (Å²) >= 11 is 5.86. The number of carbonyl (C=O) groups is 1. The van der Waals surface area contributed by atoms with E-state index in [0.29, 0.717) is 18.4 Å². The van der Waals surface area contributed by atoms with E-state index >= 15 is 0 Å². The summed E-state index contributed by atoms with van der Waals surface area (Å²) in [6.45, 7) is 0.297. The molecule has 0 atom stereocenters. The van der Waals surface area contributed by atoms with Crippen LogP contribution < -0.4 is 5.56 Å². The molecule has 0 bridgehead atoms. The van der Waals surface area contributed by atoms with Crippen LogP contribution in [0.4, 0.5) is 4.39 Å². The zero-order valence-corrected chi connectivity index (χ0v) is 19.9. The van der Waals surface area contributed by atoms with Crippen molar-refractivity contribution in [1.82, 2.24) is 19.2 Å². The topological polar surface area (TPSA) is 114 Å². The Labute approximate surface area is 199 Å². The molecule has 5 rings (SSSR count). The van der Waals surface area contributed by atoms with Gasteiger partial charge < -0.3 is 14.6 Å². The van der Waals surface area contributed by atoms with Crippen LogP contribution in [0.25, 0.3) is 10.9 Å². The third-order valence-electron chi connectivity index (χ3n) is 6.64. The van der Waals surface area contributed by atoms with E-state index in [-0.39, 0.29) is 46.3 Å². The number of halogens is 2. The molecule has 1 fully saturated rings. The van der Waals surface area contributed by atoms with Crippen molar-refractivity contribution >= 4 is 38.2 Å². The largest absolute Gasteiger partial charge is 0.505 e. The van der Waals surface area contributed by atoms with Crippen molar-refractivity contribution in [3.8, 4) is 5.75 Å². The van der Waals surface area contributed by atoms with E-state index in [2.05, 4.69) is 5.10 Å². The third kappa shape index (κ3) is 3.40. The molecule has 3 aromatic rings. The number of fused-ring (bicyclic) bond motifs is 3. The Morgan fingerprint density at radius 1 is 1.21 bits per heavy atom. The maximum atomic E-state index is 13.7. The van der Waals surface area contributed by atoms with Crippen molar-refractivity contribution in [3.63, 3.8) is 0 Å². The summed E-state index contributed by atoms with van der Waals surface area (Å²) < 4.78 is 43.2. The highest BCUT2D eigenvalue weighted by Crippen LogP contribution is 2.38. The van der Waals surface area contributed by atoms with Crippen LogP contribution in [0.2, 0.25) is 5.02 Å². The Bertz CT molecular complexity index is 1510. The lowest BCUT2D eigenvalue weighted by Crippen LogP contribution is -2.37. The molecule has 1 amide bonds. The number of carbonyl (C=O) groups excluding carboxylic acids is 1. The van der Waals surface area contributed by atoms with Crippen LogP contribution in [-0.4, -0.2) is 57.5 Å². The normalized spacial score (nSPS) is 17.0. The van der Waals surface area contributed by atoms with Crippen LogP contribution in [0, 0.1) is 5.82 Å². The predicted molar refractivity (Wildman–Crippen MR) is 123 cm³/mol. The average Bonchev–Trinajstić information content (AvgIpc) is 3.43. The van der Waals surface area contributed by atoms with Gasteiger partial charge in [-0.3, -0.25) is 9.59 Å². The minimum Gasteiger partial charge on any atom is -0.505 e. The maximum absolute atomic E-state index is 13.7. The summed E-state index contributed by atoms with van der Waals surface area (Å²) in [5, 5.41) is 13.8. The zero-order chi connectivity index (χ0) is 24.4. The first-order valence-corrected chi connectivity index (χ1v) is 12.8. The van der Waals surface area contributed by atoms with Gasteiger partial charge in [0, 0.05) is 20.1 Å². The minimum absolute atomic E-state index is 0.0424. The Balaban J connectivity index is 1.80. The summed E-state index contributed by atoms with van der Waals surface area (Å²) in [5.41, 5.74) is -0.508. The van der Waals surface area contributed by atoms with Gasteiger partial charge in [-0.1, -0.05) is 30.5 Å². The number of sulfone groups is 1. The minimum atomic E-state index is -3.98. The van der Waals surface area contributed by atoms with Crippen LogP contribution in [0.15, 0.2) is 28.0 Å². The van der Waals surface area contributed by atoms with Crippen LogP contribution >= 0.6 is 11.6 Å². The number of aromatic hydroxyl groups is 1. The number of aromatic nitrogens is 3. The van der Waals surface area contributed by atoms with E-state index in [1.165, 1.54) is 21.6 Å². The van der Waals surface area contributed by atoms with Crippen molar-refractivity contribution < 1.29 is 22.7 Å². The summed E-state index contributed by atoms with van der Waals surface area (Å²) in [6, 6.07) is 3.87. The molecule has 9 nitrogen and oxygen atoms in total. The van der Waals surface area contributed by atoms with Gasteiger partial charge in [-0.25, -0.2) is 17.5 Å². The molecule has 1 aliphatic heterocycles. The summed E-state index contributed by atoms with van der Waals surface area (Å²) in [7, 11) is -2.41. The fraction of sp³-hybridized carbons (Fsp3) is 0.409. The van der Waals surface area contributed by atoms with Crippen molar-refractivity contribution in [2.75, 3.05) is 13.6 Å². The Kier molecular flexibility index (Phi) is 5.44. The maximum Gasteiger partial charge on any atom is 0.280 e.